The molecule has 1 saturated carbocycles. The topological polar surface area (TPSA) is 106 Å². The maximum absolute atomic E-state index is 13.4. The predicted octanol–water partition coefficient (Wildman–Crippen LogP) is 5.23. The number of halogens is 5. The molecule has 0 unspecified atom stereocenters. The number of amides is 1. The highest BCUT2D eigenvalue weighted by molar-refractivity contribution is 8.45. The Morgan fingerprint density at radius 3 is 2.43 bits per heavy atom. The van der Waals surface area contributed by atoms with Crippen LogP contribution in [0.5, 0.6) is 0 Å². The Balaban J connectivity index is 1.62. The number of carbonyl (C=O) groups excluding carboxylic acids is 1. The number of aryl methyl sites for hydroxylation is 1. The lowest BCUT2D eigenvalue weighted by atomic mass is 9.77. The number of hydrogen-bond acceptors (Lipinski definition) is 7. The Morgan fingerprint density at radius 1 is 1.19 bits per heavy atom. The number of hydrogen-bond donors (Lipinski definition) is 3. The summed E-state index contributed by atoms with van der Waals surface area (Å²) in [5, 5.41) is 15.7. The summed E-state index contributed by atoms with van der Waals surface area (Å²) in [6.07, 6.45) is -0.251. The van der Waals surface area contributed by atoms with Gasteiger partial charge in [-0.3, -0.25) is 4.79 Å². The molecule has 1 aromatic carbocycles. The van der Waals surface area contributed by atoms with Crippen molar-refractivity contribution in [3.8, 4) is 0 Å². The number of nitrogens with zero attached hydrogens (tertiary/aromatic N) is 2. The Hall–Kier alpha value is -2.55. The van der Waals surface area contributed by atoms with Crippen molar-refractivity contribution in [2.45, 2.75) is 68.9 Å². The van der Waals surface area contributed by atoms with E-state index in [0.29, 0.717) is 36.2 Å². The van der Waals surface area contributed by atoms with Gasteiger partial charge in [-0.25, -0.2) is 9.97 Å². The zero-order valence-corrected chi connectivity index (χ0v) is 21.3. The highest BCUT2D eigenvalue weighted by atomic mass is 32.5. The van der Waals surface area contributed by atoms with Gasteiger partial charge in [-0.2, -0.15) is 0 Å². The lowest BCUT2D eigenvalue weighted by Gasteiger charge is -2.41. The fraction of sp³-hybridized carbons (Fsp3) is 0.522. The summed E-state index contributed by atoms with van der Waals surface area (Å²) in [5.41, 5.74) is -0.270. The summed E-state index contributed by atoms with van der Waals surface area (Å²) in [6, 6.07) is 1.92. The molecule has 1 atom stereocenters. The van der Waals surface area contributed by atoms with Gasteiger partial charge in [0, 0.05) is 12.1 Å². The molecule has 1 saturated heterocycles. The van der Waals surface area contributed by atoms with E-state index in [2.05, 4.69) is 20.6 Å². The van der Waals surface area contributed by atoms with Crippen LogP contribution in [0.4, 0.5) is 25.2 Å². The summed E-state index contributed by atoms with van der Waals surface area (Å²) in [4.78, 5) is 19.5. The lowest BCUT2D eigenvalue weighted by Crippen LogP contribution is -2.53. The standard InChI is InChI=1S/C23H29F5N4O4S/c1-13(15-5-4-6-17(9-15)37(24,25,26,27)28)29-21-20(22-35-7-8-36-22)18(30-14(2)31-21)10-19(33)32-16-11-23(3,34)12-16/h4-6,9,13,16,22,34H,7-8,10-12H2,1-3H3,(H,32,33)(H,29,30,31)/t13-,16?,23?/m1/s1. The molecule has 8 nitrogen and oxygen atoms in total. The smallest absolute Gasteiger partial charge is 0.310 e. The van der Waals surface area contributed by atoms with Crippen molar-refractivity contribution >= 4 is 21.9 Å². The average molecular weight is 553 g/mol. The van der Waals surface area contributed by atoms with E-state index in [0.717, 1.165) is 6.07 Å². The molecule has 37 heavy (non-hydrogen) atoms. The van der Waals surface area contributed by atoms with Crippen LogP contribution in [-0.4, -0.2) is 45.8 Å². The van der Waals surface area contributed by atoms with E-state index in [1.807, 2.05) is 0 Å². The Bertz CT molecular complexity index is 1200. The summed E-state index contributed by atoms with van der Waals surface area (Å²) < 4.78 is 78.0. The van der Waals surface area contributed by atoms with Crippen LogP contribution in [0.1, 0.15) is 61.7 Å². The minimum absolute atomic E-state index is 0.0439. The number of carbonyl (C=O) groups is 1. The molecule has 1 aromatic heterocycles. The fourth-order valence-corrected chi connectivity index (χ4v) is 5.20. The number of rotatable bonds is 8. The fourth-order valence-electron chi connectivity index (χ4n) is 4.50. The molecular formula is C23H29F5N4O4S. The van der Waals surface area contributed by atoms with Crippen LogP contribution >= 0.6 is 10.2 Å². The molecule has 0 radical (unpaired) electrons. The van der Waals surface area contributed by atoms with Crippen molar-refractivity contribution in [1.29, 1.82) is 0 Å². The van der Waals surface area contributed by atoms with E-state index in [4.69, 9.17) is 9.47 Å². The van der Waals surface area contributed by atoms with Crippen LogP contribution in [0.2, 0.25) is 0 Å². The molecule has 1 aliphatic heterocycles. The van der Waals surface area contributed by atoms with Crippen molar-refractivity contribution < 1.29 is 38.8 Å². The Kier molecular flexibility index (Phi) is 6.50. The molecule has 0 bridgehead atoms. The van der Waals surface area contributed by atoms with Crippen molar-refractivity contribution in [2.75, 3.05) is 18.5 Å². The maximum atomic E-state index is 13.4. The summed E-state index contributed by atoms with van der Waals surface area (Å²) in [7, 11) is -9.86. The van der Waals surface area contributed by atoms with Gasteiger partial charge in [-0.1, -0.05) is 31.6 Å². The van der Waals surface area contributed by atoms with E-state index >= 15 is 0 Å². The molecular weight excluding hydrogens is 523 g/mol. The van der Waals surface area contributed by atoms with Crippen LogP contribution < -0.4 is 10.6 Å². The molecule has 4 rings (SSSR count). The number of nitrogens with one attached hydrogen (secondary N) is 2. The van der Waals surface area contributed by atoms with Gasteiger partial charge in [0.05, 0.1) is 36.5 Å². The van der Waals surface area contributed by atoms with Gasteiger partial charge < -0.3 is 25.2 Å². The zero-order valence-electron chi connectivity index (χ0n) is 20.4. The molecule has 2 aromatic rings. The van der Waals surface area contributed by atoms with E-state index in [9.17, 15) is 29.3 Å². The molecule has 2 heterocycles. The third kappa shape index (κ3) is 6.67. The van der Waals surface area contributed by atoms with Gasteiger partial charge in [0.15, 0.2) is 6.29 Å². The molecule has 2 fully saturated rings. The first-order chi connectivity index (χ1) is 16.9. The number of aromatic nitrogens is 2. The highest BCUT2D eigenvalue weighted by Gasteiger charge is 2.65. The number of aliphatic hydroxyl groups is 1. The summed E-state index contributed by atoms with van der Waals surface area (Å²) in [5.74, 6) is 0.0750. The molecule has 2 aliphatic rings. The monoisotopic (exact) mass is 552 g/mol. The predicted molar refractivity (Wildman–Crippen MR) is 127 cm³/mol. The van der Waals surface area contributed by atoms with Gasteiger partial charge in [-0.05, 0) is 51.3 Å². The molecule has 14 heteroatoms. The van der Waals surface area contributed by atoms with E-state index < -0.39 is 33.1 Å². The average Bonchev–Trinajstić information content (AvgIpc) is 3.25. The molecule has 206 valence electrons. The van der Waals surface area contributed by atoms with E-state index in [1.54, 1.807) is 13.8 Å². The van der Waals surface area contributed by atoms with Crippen LogP contribution in [0.3, 0.4) is 0 Å². The SMILES string of the molecule is Cc1nc(CC(=O)NC2CC(C)(O)C2)c(C2OCCO2)c(N[C@H](C)c2cccc(S(F)(F)(F)(F)F)c2)n1. The molecule has 1 aliphatic carbocycles. The number of ether oxygens (including phenoxy) is 2. The van der Waals surface area contributed by atoms with Gasteiger partial charge in [0.25, 0.3) is 0 Å². The van der Waals surface area contributed by atoms with Gasteiger partial charge >= 0.3 is 10.2 Å². The third-order valence-electron chi connectivity index (χ3n) is 6.22. The zero-order chi connectivity index (χ0) is 27.3. The summed E-state index contributed by atoms with van der Waals surface area (Å²) >= 11 is 0. The summed E-state index contributed by atoms with van der Waals surface area (Å²) in [6.45, 7) is 5.29. The van der Waals surface area contributed by atoms with Crippen molar-refractivity contribution in [3.05, 3.63) is 46.9 Å². The normalized spacial score (nSPS) is 25.1. The molecule has 3 N–H and O–H groups in total. The number of benzene rings is 1. The van der Waals surface area contributed by atoms with Crippen molar-refractivity contribution in [2.24, 2.45) is 0 Å². The second-order valence-corrected chi connectivity index (χ2v) is 12.2. The first kappa shape index (κ1) is 27.5. The highest BCUT2D eigenvalue weighted by Crippen LogP contribution is 3.02. The number of anilines is 1. The van der Waals surface area contributed by atoms with Gasteiger partial charge in [0.1, 0.15) is 16.5 Å². The molecule has 1 amide bonds. The van der Waals surface area contributed by atoms with Crippen molar-refractivity contribution in [1.82, 2.24) is 15.3 Å². The van der Waals surface area contributed by atoms with Crippen molar-refractivity contribution in [3.63, 3.8) is 0 Å². The molecule has 0 spiro atoms. The third-order valence-corrected chi connectivity index (χ3v) is 7.36. The van der Waals surface area contributed by atoms with E-state index in [1.165, 1.54) is 13.0 Å². The minimum atomic E-state index is -9.86. The Morgan fingerprint density at radius 2 is 1.84 bits per heavy atom. The van der Waals surface area contributed by atoms with Crippen LogP contribution in [0.25, 0.3) is 0 Å². The van der Waals surface area contributed by atoms with Crippen LogP contribution in [-0.2, 0) is 20.7 Å². The maximum Gasteiger partial charge on any atom is 0.310 e. The van der Waals surface area contributed by atoms with Crippen LogP contribution in [0, 0.1) is 6.92 Å². The quantitative estimate of drug-likeness (QED) is 0.385. The van der Waals surface area contributed by atoms with E-state index in [-0.39, 0.29) is 48.8 Å². The largest absolute Gasteiger partial charge is 0.390 e. The first-order valence-electron chi connectivity index (χ1n) is 11.6. The second-order valence-electron chi connectivity index (χ2n) is 9.81. The van der Waals surface area contributed by atoms with Crippen LogP contribution in [0.15, 0.2) is 29.2 Å². The second kappa shape index (κ2) is 8.75. The van der Waals surface area contributed by atoms with Gasteiger partial charge in [0.2, 0.25) is 5.91 Å². The minimum Gasteiger partial charge on any atom is -0.390 e. The Labute approximate surface area is 210 Å². The lowest BCUT2D eigenvalue weighted by molar-refractivity contribution is -0.124. The van der Waals surface area contributed by atoms with Gasteiger partial charge in [-0.15, -0.1) is 0 Å². The first-order valence-corrected chi connectivity index (χ1v) is 13.6.